The van der Waals surface area contributed by atoms with Crippen molar-refractivity contribution in [3.8, 4) is 33.4 Å². The molecule has 0 N–H and O–H groups in total. The van der Waals surface area contributed by atoms with Crippen LogP contribution in [-0.2, 0) is 21.7 Å². The monoisotopic (exact) mass is 757 g/mol. The fraction of sp³-hybridized carbons (Fsp3) is 0.368. The summed E-state index contributed by atoms with van der Waals surface area (Å²) in [7, 11) is 0. The van der Waals surface area contributed by atoms with Gasteiger partial charge in [0.05, 0.1) is 5.69 Å². The van der Waals surface area contributed by atoms with Gasteiger partial charge in [0.25, 0.3) is 0 Å². The molecule has 58 heavy (non-hydrogen) atoms. The summed E-state index contributed by atoms with van der Waals surface area (Å²) in [4.78, 5) is 2.58. The second-order valence-corrected chi connectivity index (χ2v) is 21.1. The van der Waals surface area contributed by atoms with Gasteiger partial charge in [0.2, 0.25) is 0 Å². The first-order chi connectivity index (χ1) is 27.9. The molecule has 4 saturated carbocycles. The highest BCUT2D eigenvalue weighted by atomic mass is 15.1. The van der Waals surface area contributed by atoms with Crippen LogP contribution in [0.3, 0.4) is 0 Å². The SMILES string of the molecule is CC1(C)CCC(C)(C)c2cc(-c3cc4c(cc3N(c3ccc(-c5ccccc5)cc3)c3ccc(C56CC7CC(CC(C7)C5)C6)cc3)C(C)(C)c3ccccc3-4)ccc21. The van der Waals surface area contributed by atoms with Crippen LogP contribution in [0.15, 0.2) is 133 Å². The van der Waals surface area contributed by atoms with E-state index in [4.69, 9.17) is 0 Å². The Labute approximate surface area is 347 Å². The normalized spacial score (nSPS) is 25.2. The summed E-state index contributed by atoms with van der Waals surface area (Å²) in [5.41, 5.74) is 19.5. The lowest BCUT2D eigenvalue weighted by Gasteiger charge is -2.57. The van der Waals surface area contributed by atoms with Crippen molar-refractivity contribution < 1.29 is 0 Å². The topological polar surface area (TPSA) is 3.24 Å². The Bertz CT molecular complexity index is 2510. The third-order valence-electron chi connectivity index (χ3n) is 16.1. The molecule has 292 valence electrons. The fourth-order valence-corrected chi connectivity index (χ4v) is 13.2. The molecular weight excluding hydrogens is 699 g/mol. The Balaban J connectivity index is 1.12. The average Bonchev–Trinajstić information content (AvgIpc) is 3.45. The largest absolute Gasteiger partial charge is 0.310 e. The fourth-order valence-electron chi connectivity index (χ4n) is 13.2. The van der Waals surface area contributed by atoms with Gasteiger partial charge in [-0.15, -0.1) is 0 Å². The van der Waals surface area contributed by atoms with Crippen LogP contribution in [-0.4, -0.2) is 0 Å². The molecule has 12 rings (SSSR count). The third-order valence-corrected chi connectivity index (χ3v) is 16.1. The third kappa shape index (κ3) is 5.62. The van der Waals surface area contributed by atoms with Gasteiger partial charge in [-0.25, -0.2) is 0 Å². The zero-order chi connectivity index (χ0) is 39.6. The molecule has 0 saturated heterocycles. The van der Waals surface area contributed by atoms with Crippen LogP contribution in [0.5, 0.6) is 0 Å². The van der Waals surface area contributed by atoms with E-state index in [9.17, 15) is 0 Å². The predicted molar refractivity (Wildman–Crippen MR) is 245 cm³/mol. The minimum absolute atomic E-state index is 0.117. The number of anilines is 3. The second kappa shape index (κ2) is 12.8. The van der Waals surface area contributed by atoms with E-state index < -0.39 is 0 Å². The van der Waals surface area contributed by atoms with Gasteiger partial charge < -0.3 is 4.90 Å². The summed E-state index contributed by atoms with van der Waals surface area (Å²) in [5, 5.41) is 0. The average molecular weight is 758 g/mol. The first-order valence-corrected chi connectivity index (χ1v) is 22.4. The number of hydrogen-bond acceptors (Lipinski definition) is 1. The molecule has 0 spiro atoms. The van der Waals surface area contributed by atoms with Crippen molar-refractivity contribution in [1.29, 1.82) is 0 Å². The molecule has 0 radical (unpaired) electrons. The van der Waals surface area contributed by atoms with Crippen molar-refractivity contribution in [2.45, 2.75) is 115 Å². The molecule has 1 heteroatoms. The molecule has 0 aliphatic heterocycles. The lowest BCUT2D eigenvalue weighted by molar-refractivity contribution is -0.00518. The quantitative estimate of drug-likeness (QED) is 0.164. The van der Waals surface area contributed by atoms with Crippen molar-refractivity contribution in [3.63, 3.8) is 0 Å². The first-order valence-electron chi connectivity index (χ1n) is 22.4. The van der Waals surface area contributed by atoms with E-state index in [-0.39, 0.29) is 16.2 Å². The van der Waals surface area contributed by atoms with Gasteiger partial charge in [-0.2, -0.15) is 0 Å². The number of nitrogens with zero attached hydrogens (tertiary/aromatic N) is 1. The maximum atomic E-state index is 2.58. The Kier molecular flexibility index (Phi) is 8.00. The molecule has 6 aliphatic carbocycles. The molecule has 6 aromatic rings. The van der Waals surface area contributed by atoms with E-state index >= 15 is 0 Å². The lowest BCUT2D eigenvalue weighted by Crippen LogP contribution is -2.48. The molecule has 6 aromatic carbocycles. The summed E-state index contributed by atoms with van der Waals surface area (Å²) in [6.45, 7) is 14.6. The van der Waals surface area contributed by atoms with E-state index in [1.165, 1.54) is 124 Å². The summed E-state index contributed by atoms with van der Waals surface area (Å²) < 4.78 is 0. The van der Waals surface area contributed by atoms with Gasteiger partial charge in [0, 0.05) is 22.4 Å². The highest BCUT2D eigenvalue weighted by Gasteiger charge is 2.51. The maximum Gasteiger partial charge on any atom is 0.0543 e. The van der Waals surface area contributed by atoms with Crippen LogP contribution in [0.25, 0.3) is 33.4 Å². The van der Waals surface area contributed by atoms with Crippen molar-refractivity contribution in [2.75, 3.05) is 4.90 Å². The van der Waals surface area contributed by atoms with Crippen LogP contribution < -0.4 is 4.90 Å². The lowest BCUT2D eigenvalue weighted by atomic mass is 9.48. The molecule has 0 unspecified atom stereocenters. The number of benzene rings is 6. The van der Waals surface area contributed by atoms with Gasteiger partial charge in [0.15, 0.2) is 0 Å². The zero-order valence-corrected chi connectivity index (χ0v) is 35.5. The molecule has 0 aromatic heterocycles. The van der Waals surface area contributed by atoms with Crippen LogP contribution in [0, 0.1) is 17.8 Å². The maximum absolute atomic E-state index is 2.58. The molecule has 4 fully saturated rings. The van der Waals surface area contributed by atoms with E-state index in [1.54, 1.807) is 5.56 Å². The summed E-state index contributed by atoms with van der Waals surface area (Å²) in [6.07, 6.45) is 11.0. The van der Waals surface area contributed by atoms with E-state index in [0.29, 0.717) is 5.41 Å². The predicted octanol–water partition coefficient (Wildman–Crippen LogP) is 15.6. The number of rotatable bonds is 6. The summed E-state index contributed by atoms with van der Waals surface area (Å²) >= 11 is 0. The summed E-state index contributed by atoms with van der Waals surface area (Å²) in [5.74, 6) is 2.79. The smallest absolute Gasteiger partial charge is 0.0543 e. The van der Waals surface area contributed by atoms with Gasteiger partial charge in [-0.1, -0.05) is 139 Å². The van der Waals surface area contributed by atoms with Gasteiger partial charge in [-0.05, 0) is 177 Å². The molecule has 0 atom stereocenters. The second-order valence-electron chi connectivity index (χ2n) is 21.1. The molecule has 1 nitrogen and oxygen atoms in total. The Morgan fingerprint density at radius 3 is 1.64 bits per heavy atom. The zero-order valence-electron chi connectivity index (χ0n) is 35.5. The van der Waals surface area contributed by atoms with Crippen LogP contribution >= 0.6 is 0 Å². The minimum Gasteiger partial charge on any atom is -0.310 e. The highest BCUT2D eigenvalue weighted by Crippen LogP contribution is 2.61. The van der Waals surface area contributed by atoms with Gasteiger partial charge in [-0.3, -0.25) is 0 Å². The minimum atomic E-state index is -0.119. The van der Waals surface area contributed by atoms with Crippen LogP contribution in [0.2, 0.25) is 0 Å². The molecule has 6 aliphatic rings. The number of fused-ring (bicyclic) bond motifs is 4. The first kappa shape index (κ1) is 36.2. The van der Waals surface area contributed by atoms with Crippen LogP contribution in [0.4, 0.5) is 17.1 Å². The van der Waals surface area contributed by atoms with Gasteiger partial charge in [0.1, 0.15) is 0 Å². The van der Waals surface area contributed by atoms with E-state index in [1.807, 2.05) is 0 Å². The van der Waals surface area contributed by atoms with Crippen molar-refractivity contribution in [2.24, 2.45) is 17.8 Å². The molecule has 0 amide bonds. The summed E-state index contributed by atoms with van der Waals surface area (Å²) in [6, 6.07) is 51.9. The molecule has 4 bridgehead atoms. The standard InChI is InChI=1S/C57H59N/c1-54(2)26-27-55(3,4)52-31-42(18-25-50(52)54)47-32-48-46-14-10-11-15-49(46)56(5,6)51(48)33-53(47)58(44-21-16-41(17-22-44)40-12-8-7-9-13-40)45-23-19-43(20-24-45)57-34-37-28-38(35-57)30-39(29-37)36-57/h7-25,31-33,37-39H,26-30,34-36H2,1-6H3. The van der Waals surface area contributed by atoms with Crippen molar-refractivity contribution in [1.82, 2.24) is 0 Å². The Morgan fingerprint density at radius 2 is 0.983 bits per heavy atom. The van der Waals surface area contributed by atoms with E-state index in [0.717, 1.165) is 17.8 Å². The van der Waals surface area contributed by atoms with E-state index in [2.05, 4.69) is 180 Å². The molecule has 0 heterocycles. The molecular formula is C57H59N. The van der Waals surface area contributed by atoms with Crippen molar-refractivity contribution >= 4 is 17.1 Å². The van der Waals surface area contributed by atoms with Gasteiger partial charge >= 0.3 is 0 Å². The van der Waals surface area contributed by atoms with Crippen molar-refractivity contribution in [3.05, 3.63) is 161 Å². The Hall–Kier alpha value is -4.88. The number of hydrogen-bond donors (Lipinski definition) is 0. The Morgan fingerprint density at radius 1 is 0.431 bits per heavy atom. The highest BCUT2D eigenvalue weighted by molar-refractivity contribution is 5.95. The van der Waals surface area contributed by atoms with Crippen LogP contribution in [0.1, 0.15) is 121 Å².